The van der Waals surface area contributed by atoms with Crippen LogP contribution in [0.1, 0.15) is 35.3 Å². The smallest absolute Gasteiger partial charge is 0.350 e. The first-order valence-electron chi connectivity index (χ1n) is 8.92. The summed E-state index contributed by atoms with van der Waals surface area (Å²) >= 11 is 6.06. The van der Waals surface area contributed by atoms with Crippen LogP contribution < -0.4 is 5.32 Å². The number of aromatic nitrogens is 1. The summed E-state index contributed by atoms with van der Waals surface area (Å²) in [5.41, 5.74) is -0.275. The van der Waals surface area contributed by atoms with Gasteiger partial charge in [0.1, 0.15) is 0 Å². The van der Waals surface area contributed by atoms with E-state index in [1.54, 1.807) is 32.2 Å². The molecule has 5 nitrogen and oxygen atoms in total. The van der Waals surface area contributed by atoms with E-state index >= 15 is 0 Å². The average Bonchev–Trinajstić information content (AvgIpc) is 2.67. The zero-order valence-corrected chi connectivity index (χ0v) is 16.7. The van der Waals surface area contributed by atoms with E-state index in [1.165, 1.54) is 17.2 Å². The van der Waals surface area contributed by atoms with E-state index in [2.05, 4.69) is 10.3 Å². The number of hydrogen-bond acceptors (Lipinski definition) is 3. The molecule has 0 aliphatic rings. The highest BCUT2D eigenvalue weighted by molar-refractivity contribution is 6.31. The Hall–Kier alpha value is -2.61. The summed E-state index contributed by atoms with van der Waals surface area (Å²) < 4.78 is 39.0. The van der Waals surface area contributed by atoms with Crippen LogP contribution in [0.5, 0.6) is 0 Å². The first-order chi connectivity index (χ1) is 13.6. The van der Waals surface area contributed by atoms with Crippen LogP contribution in [-0.2, 0) is 17.5 Å². The van der Waals surface area contributed by atoms with Crippen molar-refractivity contribution in [1.29, 1.82) is 0 Å². The van der Waals surface area contributed by atoms with Gasteiger partial charge in [0, 0.05) is 43.0 Å². The number of carbonyl (C=O) groups excluding carboxylic acids is 2. The van der Waals surface area contributed by atoms with Crippen LogP contribution in [-0.4, -0.2) is 34.8 Å². The second-order valence-electron chi connectivity index (χ2n) is 6.72. The normalized spacial score (nSPS) is 11.4. The molecule has 0 radical (unpaired) electrons. The van der Waals surface area contributed by atoms with Crippen molar-refractivity contribution in [3.8, 4) is 0 Å². The highest BCUT2D eigenvalue weighted by atomic mass is 35.5. The summed E-state index contributed by atoms with van der Waals surface area (Å²) in [4.78, 5) is 29.9. The van der Waals surface area contributed by atoms with Crippen molar-refractivity contribution in [2.24, 2.45) is 5.92 Å². The minimum Gasteiger partial charge on any atom is -0.350 e. The van der Waals surface area contributed by atoms with Gasteiger partial charge in [-0.05, 0) is 35.9 Å². The quantitative estimate of drug-likeness (QED) is 0.721. The molecule has 0 saturated heterocycles. The van der Waals surface area contributed by atoms with Crippen LogP contribution >= 0.6 is 11.6 Å². The largest absolute Gasteiger partial charge is 0.416 e. The van der Waals surface area contributed by atoms with Gasteiger partial charge in [-0.3, -0.25) is 14.6 Å². The maximum absolute atomic E-state index is 13.0. The molecular weight excluding hydrogens is 407 g/mol. The predicted molar refractivity (Wildman–Crippen MR) is 103 cm³/mol. The van der Waals surface area contributed by atoms with Gasteiger partial charge in [0.15, 0.2) is 0 Å². The van der Waals surface area contributed by atoms with Crippen molar-refractivity contribution in [1.82, 2.24) is 15.2 Å². The highest BCUT2D eigenvalue weighted by Crippen LogP contribution is 2.32. The maximum Gasteiger partial charge on any atom is 0.416 e. The lowest BCUT2D eigenvalue weighted by Gasteiger charge is -2.25. The van der Waals surface area contributed by atoms with Crippen molar-refractivity contribution in [2.45, 2.75) is 26.6 Å². The van der Waals surface area contributed by atoms with E-state index in [9.17, 15) is 22.8 Å². The van der Waals surface area contributed by atoms with Gasteiger partial charge in [0.25, 0.3) is 5.91 Å². The number of pyridine rings is 1. The molecule has 0 bridgehead atoms. The lowest BCUT2D eigenvalue weighted by Crippen LogP contribution is -2.40. The molecule has 0 spiro atoms. The Kier molecular flexibility index (Phi) is 7.61. The van der Waals surface area contributed by atoms with Gasteiger partial charge in [-0.2, -0.15) is 13.2 Å². The van der Waals surface area contributed by atoms with E-state index in [1.807, 2.05) is 0 Å². The minimum atomic E-state index is -4.51. The third-order valence-corrected chi connectivity index (χ3v) is 4.50. The topological polar surface area (TPSA) is 62.3 Å². The Balaban J connectivity index is 2.11. The van der Waals surface area contributed by atoms with E-state index < -0.39 is 11.7 Å². The van der Waals surface area contributed by atoms with Gasteiger partial charge in [-0.25, -0.2) is 0 Å². The van der Waals surface area contributed by atoms with Gasteiger partial charge in [0.05, 0.1) is 11.1 Å². The molecule has 0 aliphatic heterocycles. The summed E-state index contributed by atoms with van der Waals surface area (Å²) in [6, 6.07) is 6.23. The average molecular weight is 428 g/mol. The van der Waals surface area contributed by atoms with Crippen molar-refractivity contribution >= 4 is 23.4 Å². The Morgan fingerprint density at radius 3 is 2.55 bits per heavy atom. The molecule has 156 valence electrons. The van der Waals surface area contributed by atoms with E-state index in [-0.39, 0.29) is 48.0 Å². The summed E-state index contributed by atoms with van der Waals surface area (Å²) in [5, 5.41) is 2.81. The predicted octanol–water partition coefficient (Wildman–Crippen LogP) is 4.17. The number of carbonyl (C=O) groups is 2. The monoisotopic (exact) mass is 427 g/mol. The Bertz CT molecular complexity index is 858. The number of amides is 2. The third-order valence-electron chi connectivity index (χ3n) is 4.13. The summed E-state index contributed by atoms with van der Waals surface area (Å²) in [5.74, 6) is -0.977. The summed E-state index contributed by atoms with van der Waals surface area (Å²) in [6.07, 6.45) is -1.56. The van der Waals surface area contributed by atoms with Gasteiger partial charge >= 0.3 is 6.18 Å². The Labute approximate surface area is 171 Å². The molecular formula is C20H21ClF3N3O2. The molecule has 0 fully saturated rings. The van der Waals surface area contributed by atoms with Crippen molar-refractivity contribution in [2.75, 3.05) is 13.1 Å². The molecule has 29 heavy (non-hydrogen) atoms. The molecule has 0 atom stereocenters. The third kappa shape index (κ3) is 6.45. The van der Waals surface area contributed by atoms with Crippen molar-refractivity contribution in [3.63, 3.8) is 0 Å². The zero-order chi connectivity index (χ0) is 21.6. The molecule has 0 unspecified atom stereocenters. The van der Waals surface area contributed by atoms with Gasteiger partial charge in [-0.1, -0.05) is 25.4 Å². The van der Waals surface area contributed by atoms with Crippen LogP contribution in [0.3, 0.4) is 0 Å². The molecule has 2 aromatic rings. The van der Waals surface area contributed by atoms with Crippen LogP contribution in [0.25, 0.3) is 0 Å². The molecule has 9 heteroatoms. The second kappa shape index (κ2) is 9.73. The molecule has 1 aromatic carbocycles. The fourth-order valence-electron chi connectivity index (χ4n) is 2.61. The number of benzene rings is 1. The zero-order valence-electron chi connectivity index (χ0n) is 16.0. The minimum absolute atomic E-state index is 0.0947. The molecule has 2 amide bonds. The second-order valence-corrected chi connectivity index (χ2v) is 7.12. The lowest BCUT2D eigenvalue weighted by molar-refractivity contribution is -0.137. The van der Waals surface area contributed by atoms with Crippen LogP contribution in [0, 0.1) is 5.92 Å². The highest BCUT2D eigenvalue weighted by Gasteiger charge is 2.31. The van der Waals surface area contributed by atoms with Crippen LogP contribution in [0.15, 0.2) is 42.7 Å². The fourth-order valence-corrected chi connectivity index (χ4v) is 2.79. The molecule has 0 saturated carbocycles. The van der Waals surface area contributed by atoms with Crippen molar-refractivity contribution < 1.29 is 22.8 Å². The SMILES string of the molecule is CC(C)C(=O)N(CCNC(=O)c1cccnc1)Cc1cc(C(F)(F)F)ccc1Cl. The summed E-state index contributed by atoms with van der Waals surface area (Å²) in [6.45, 7) is 3.54. The molecule has 0 aliphatic carbocycles. The number of nitrogens with one attached hydrogen (secondary N) is 1. The number of alkyl halides is 3. The van der Waals surface area contributed by atoms with E-state index in [0.29, 0.717) is 5.56 Å². The van der Waals surface area contributed by atoms with Gasteiger partial charge < -0.3 is 10.2 Å². The Morgan fingerprint density at radius 2 is 1.97 bits per heavy atom. The molecule has 1 N–H and O–H groups in total. The van der Waals surface area contributed by atoms with E-state index in [0.717, 1.165) is 12.1 Å². The lowest BCUT2D eigenvalue weighted by atomic mass is 10.1. The first kappa shape index (κ1) is 22.7. The first-order valence-corrected chi connectivity index (χ1v) is 9.30. The maximum atomic E-state index is 13.0. The number of rotatable bonds is 7. The van der Waals surface area contributed by atoms with Crippen LogP contribution in [0.2, 0.25) is 5.02 Å². The molecule has 1 aromatic heterocycles. The summed E-state index contributed by atoms with van der Waals surface area (Å²) in [7, 11) is 0. The number of halogens is 4. The fraction of sp³-hybridized carbons (Fsp3) is 0.350. The van der Waals surface area contributed by atoms with Crippen LogP contribution in [0.4, 0.5) is 13.2 Å². The van der Waals surface area contributed by atoms with Gasteiger partial charge in [-0.15, -0.1) is 0 Å². The van der Waals surface area contributed by atoms with Crippen molar-refractivity contribution in [3.05, 3.63) is 64.4 Å². The molecule has 2 rings (SSSR count). The Morgan fingerprint density at radius 1 is 1.24 bits per heavy atom. The standard InChI is InChI=1S/C20H21ClF3N3O2/c1-13(2)19(29)27(9-8-26-18(28)14-4-3-7-25-11-14)12-15-10-16(20(22,23)24)5-6-17(15)21/h3-7,10-11,13H,8-9,12H2,1-2H3,(H,26,28). The van der Waals surface area contributed by atoms with Gasteiger partial charge in [0.2, 0.25) is 5.91 Å². The number of nitrogens with zero attached hydrogens (tertiary/aromatic N) is 2. The van der Waals surface area contributed by atoms with E-state index in [4.69, 9.17) is 11.6 Å². The number of hydrogen-bond donors (Lipinski definition) is 1. The molecule has 1 heterocycles.